The summed E-state index contributed by atoms with van der Waals surface area (Å²) in [5.74, 6) is 0. The van der Waals surface area contributed by atoms with Crippen molar-refractivity contribution >= 4 is 38.6 Å². The molecule has 0 heterocycles. The van der Waals surface area contributed by atoms with Gasteiger partial charge in [-0.2, -0.15) is 0 Å². The third-order valence-electron chi connectivity index (χ3n) is 9.01. The lowest BCUT2D eigenvalue weighted by molar-refractivity contribution is 0.661. The standard InChI is InChI=1S/C41H31N/c1-41(2)39-15-9-8-14-37(39)38-26-32-20-23-36(25-33(32)27-40(38)41)42(34-12-4-3-5-13-34)35-21-18-29(19-22-35)31-17-16-28-10-6-7-11-30(28)24-31/h3-27H,1-2H3. The number of hydrogen-bond acceptors (Lipinski definition) is 1. The van der Waals surface area contributed by atoms with E-state index in [2.05, 4.69) is 170 Å². The van der Waals surface area contributed by atoms with Gasteiger partial charge in [0.2, 0.25) is 0 Å². The van der Waals surface area contributed by atoms with Crippen LogP contribution < -0.4 is 4.90 Å². The zero-order valence-corrected chi connectivity index (χ0v) is 23.9. The molecule has 0 atom stereocenters. The molecule has 0 aliphatic heterocycles. The second-order valence-electron chi connectivity index (χ2n) is 11.9. The Morgan fingerprint density at radius 2 is 1.00 bits per heavy atom. The van der Waals surface area contributed by atoms with E-state index in [-0.39, 0.29) is 5.41 Å². The molecule has 7 aromatic carbocycles. The first kappa shape index (κ1) is 24.6. The van der Waals surface area contributed by atoms with Crippen LogP contribution in [0, 0.1) is 0 Å². The smallest absolute Gasteiger partial charge is 0.0468 e. The van der Waals surface area contributed by atoms with E-state index in [1.165, 1.54) is 54.9 Å². The molecule has 0 bridgehead atoms. The number of fused-ring (bicyclic) bond motifs is 5. The molecule has 0 spiro atoms. The molecule has 0 saturated heterocycles. The van der Waals surface area contributed by atoms with E-state index < -0.39 is 0 Å². The molecule has 0 unspecified atom stereocenters. The lowest BCUT2D eigenvalue weighted by Crippen LogP contribution is -2.14. The second-order valence-corrected chi connectivity index (χ2v) is 11.9. The van der Waals surface area contributed by atoms with Crippen molar-refractivity contribution in [2.24, 2.45) is 0 Å². The normalized spacial score (nSPS) is 13.2. The predicted molar refractivity (Wildman–Crippen MR) is 179 cm³/mol. The molecule has 1 aliphatic rings. The second kappa shape index (κ2) is 9.46. The predicted octanol–water partition coefficient (Wildman–Crippen LogP) is 11.4. The van der Waals surface area contributed by atoms with Crippen molar-refractivity contribution in [2.45, 2.75) is 19.3 Å². The molecule has 7 aromatic rings. The highest BCUT2D eigenvalue weighted by Gasteiger charge is 2.35. The van der Waals surface area contributed by atoms with Crippen LogP contribution in [-0.2, 0) is 5.41 Å². The van der Waals surface area contributed by atoms with Gasteiger partial charge in [-0.25, -0.2) is 0 Å². The van der Waals surface area contributed by atoms with Gasteiger partial charge in [-0.1, -0.05) is 111 Å². The fraction of sp³-hybridized carbons (Fsp3) is 0.0732. The summed E-state index contributed by atoms with van der Waals surface area (Å²) in [7, 11) is 0. The highest BCUT2D eigenvalue weighted by Crippen LogP contribution is 2.50. The van der Waals surface area contributed by atoms with Crippen molar-refractivity contribution < 1.29 is 0 Å². The molecule has 0 aromatic heterocycles. The monoisotopic (exact) mass is 537 g/mol. The molecule has 0 fully saturated rings. The number of rotatable bonds is 4. The number of para-hydroxylation sites is 1. The Hall–Kier alpha value is -5.14. The van der Waals surface area contributed by atoms with Crippen molar-refractivity contribution in [1.29, 1.82) is 0 Å². The van der Waals surface area contributed by atoms with Crippen LogP contribution in [0.1, 0.15) is 25.0 Å². The molecule has 1 nitrogen and oxygen atoms in total. The van der Waals surface area contributed by atoms with Gasteiger partial charge in [-0.05, 0) is 110 Å². The van der Waals surface area contributed by atoms with E-state index in [1.807, 2.05) is 0 Å². The fourth-order valence-electron chi connectivity index (χ4n) is 6.77. The molecule has 0 saturated carbocycles. The number of benzene rings is 7. The molecule has 0 amide bonds. The molecule has 1 heteroatoms. The van der Waals surface area contributed by atoms with Gasteiger partial charge in [-0.15, -0.1) is 0 Å². The fourth-order valence-corrected chi connectivity index (χ4v) is 6.77. The van der Waals surface area contributed by atoms with Gasteiger partial charge in [-0.3, -0.25) is 0 Å². The third-order valence-corrected chi connectivity index (χ3v) is 9.01. The van der Waals surface area contributed by atoms with Crippen LogP contribution in [0.2, 0.25) is 0 Å². The number of hydrogen-bond donors (Lipinski definition) is 0. The Bertz CT molecular complexity index is 2100. The van der Waals surface area contributed by atoms with Gasteiger partial charge in [0.25, 0.3) is 0 Å². The van der Waals surface area contributed by atoms with Gasteiger partial charge >= 0.3 is 0 Å². The summed E-state index contributed by atoms with van der Waals surface area (Å²) < 4.78 is 0. The molecular formula is C41H31N. The first-order valence-electron chi connectivity index (χ1n) is 14.7. The summed E-state index contributed by atoms with van der Waals surface area (Å²) in [6.07, 6.45) is 0. The van der Waals surface area contributed by atoms with E-state index in [0.29, 0.717) is 0 Å². The van der Waals surface area contributed by atoms with E-state index in [0.717, 1.165) is 17.1 Å². The van der Waals surface area contributed by atoms with Gasteiger partial charge in [0.1, 0.15) is 0 Å². The molecule has 0 radical (unpaired) electrons. The van der Waals surface area contributed by atoms with E-state index in [4.69, 9.17) is 0 Å². The summed E-state index contributed by atoms with van der Waals surface area (Å²) in [6, 6.07) is 55.4. The van der Waals surface area contributed by atoms with Crippen LogP contribution in [0.3, 0.4) is 0 Å². The zero-order chi connectivity index (χ0) is 28.3. The highest BCUT2D eigenvalue weighted by atomic mass is 15.1. The summed E-state index contributed by atoms with van der Waals surface area (Å²) >= 11 is 0. The van der Waals surface area contributed by atoms with Crippen molar-refractivity contribution in [3.8, 4) is 22.3 Å². The van der Waals surface area contributed by atoms with Crippen LogP contribution in [0.15, 0.2) is 152 Å². The molecule has 8 rings (SSSR count). The summed E-state index contributed by atoms with van der Waals surface area (Å²) in [6.45, 7) is 4.70. The Morgan fingerprint density at radius 3 is 1.83 bits per heavy atom. The van der Waals surface area contributed by atoms with Crippen LogP contribution in [0.4, 0.5) is 17.1 Å². The van der Waals surface area contributed by atoms with Gasteiger partial charge in [0.05, 0.1) is 0 Å². The van der Waals surface area contributed by atoms with Crippen LogP contribution in [-0.4, -0.2) is 0 Å². The SMILES string of the molecule is CC1(C)c2ccccc2-c2cc3ccc(N(c4ccccc4)c4ccc(-c5ccc6ccccc6c5)cc4)cc3cc21. The van der Waals surface area contributed by atoms with Crippen LogP contribution >= 0.6 is 0 Å². The van der Waals surface area contributed by atoms with E-state index in [1.54, 1.807) is 0 Å². The molecule has 0 N–H and O–H groups in total. The largest absolute Gasteiger partial charge is 0.310 e. The van der Waals surface area contributed by atoms with E-state index in [9.17, 15) is 0 Å². The maximum Gasteiger partial charge on any atom is 0.0468 e. The quantitative estimate of drug-likeness (QED) is 0.216. The first-order valence-corrected chi connectivity index (χ1v) is 14.7. The van der Waals surface area contributed by atoms with Gasteiger partial charge < -0.3 is 4.90 Å². The van der Waals surface area contributed by atoms with E-state index >= 15 is 0 Å². The average Bonchev–Trinajstić information content (AvgIpc) is 3.26. The van der Waals surface area contributed by atoms with Gasteiger partial charge in [0, 0.05) is 22.5 Å². The number of anilines is 3. The topological polar surface area (TPSA) is 3.24 Å². The van der Waals surface area contributed by atoms with Crippen molar-refractivity contribution in [3.05, 3.63) is 163 Å². The Labute approximate surface area is 247 Å². The molecular weight excluding hydrogens is 506 g/mol. The lowest BCUT2D eigenvalue weighted by atomic mass is 9.82. The Kier molecular flexibility index (Phi) is 5.55. The minimum atomic E-state index is -0.0200. The minimum Gasteiger partial charge on any atom is -0.310 e. The summed E-state index contributed by atoms with van der Waals surface area (Å²) in [5.41, 5.74) is 11.4. The van der Waals surface area contributed by atoms with Crippen LogP contribution in [0.25, 0.3) is 43.8 Å². The average molecular weight is 538 g/mol. The molecule has 1 aliphatic carbocycles. The summed E-state index contributed by atoms with van der Waals surface area (Å²) in [5, 5.41) is 5.06. The summed E-state index contributed by atoms with van der Waals surface area (Å²) in [4.78, 5) is 2.36. The Balaban J connectivity index is 1.22. The van der Waals surface area contributed by atoms with Crippen molar-refractivity contribution in [2.75, 3.05) is 4.90 Å². The maximum atomic E-state index is 2.42. The minimum absolute atomic E-state index is 0.0200. The zero-order valence-electron chi connectivity index (χ0n) is 23.9. The third kappa shape index (κ3) is 3.93. The van der Waals surface area contributed by atoms with Gasteiger partial charge in [0.15, 0.2) is 0 Å². The lowest BCUT2D eigenvalue weighted by Gasteiger charge is -2.26. The Morgan fingerprint density at radius 1 is 0.381 bits per heavy atom. The van der Waals surface area contributed by atoms with Crippen LogP contribution in [0.5, 0.6) is 0 Å². The maximum absolute atomic E-state index is 2.42. The van der Waals surface area contributed by atoms with Crippen molar-refractivity contribution in [1.82, 2.24) is 0 Å². The number of nitrogens with zero attached hydrogens (tertiary/aromatic N) is 1. The highest BCUT2D eigenvalue weighted by molar-refractivity contribution is 5.96. The molecule has 200 valence electrons. The first-order chi connectivity index (χ1) is 20.6. The van der Waals surface area contributed by atoms with Crippen molar-refractivity contribution in [3.63, 3.8) is 0 Å². The molecule has 42 heavy (non-hydrogen) atoms.